The molecule has 3 rings (SSSR count). The average molecular weight is 538 g/mol. The third kappa shape index (κ3) is 7.30. The van der Waals surface area contributed by atoms with E-state index in [2.05, 4.69) is 25.6 Å². The number of anilines is 3. The molecule has 12 nitrogen and oxygen atoms in total. The number of benzene rings is 1. The minimum Gasteiger partial charge on any atom is -0.466 e. The van der Waals surface area contributed by atoms with Crippen LogP contribution in [-0.4, -0.2) is 52.1 Å². The number of amides is 1. The van der Waals surface area contributed by atoms with Crippen molar-refractivity contribution >= 4 is 46.3 Å². The van der Waals surface area contributed by atoms with Gasteiger partial charge < -0.3 is 31.6 Å². The van der Waals surface area contributed by atoms with Crippen molar-refractivity contribution < 1.29 is 23.9 Å². The molecule has 0 aliphatic rings. The molecule has 0 saturated heterocycles. The molecule has 0 aliphatic heterocycles. The zero-order valence-electron chi connectivity index (χ0n) is 22.7. The van der Waals surface area contributed by atoms with E-state index in [-0.39, 0.29) is 32.0 Å². The molecule has 6 N–H and O–H groups in total. The Morgan fingerprint density at radius 3 is 2.28 bits per heavy atom. The van der Waals surface area contributed by atoms with Crippen LogP contribution in [0.25, 0.3) is 11.0 Å². The van der Waals surface area contributed by atoms with Crippen molar-refractivity contribution in [2.75, 3.05) is 30.0 Å². The maximum atomic E-state index is 12.8. The summed E-state index contributed by atoms with van der Waals surface area (Å²) in [5.41, 5.74) is 16.2. The summed E-state index contributed by atoms with van der Waals surface area (Å²) in [7, 11) is 0. The second-order valence-corrected chi connectivity index (χ2v) is 8.73. The summed E-state index contributed by atoms with van der Waals surface area (Å²) in [5.74, 6) is -1.13. The van der Waals surface area contributed by atoms with Gasteiger partial charge in [-0.25, -0.2) is 9.78 Å². The second kappa shape index (κ2) is 13.4. The van der Waals surface area contributed by atoms with Crippen LogP contribution in [0.4, 0.5) is 17.5 Å². The molecule has 0 radical (unpaired) electrons. The number of carbonyl (C=O) groups excluding carboxylic acids is 3. The first-order chi connectivity index (χ1) is 18.7. The van der Waals surface area contributed by atoms with Gasteiger partial charge in [0.05, 0.1) is 18.6 Å². The molecule has 0 spiro atoms. The summed E-state index contributed by atoms with van der Waals surface area (Å²) in [6.07, 6.45) is 0.754. The monoisotopic (exact) mass is 537 g/mol. The van der Waals surface area contributed by atoms with Gasteiger partial charge >= 0.3 is 11.9 Å². The summed E-state index contributed by atoms with van der Waals surface area (Å²) in [5, 5.41) is 6.71. The lowest BCUT2D eigenvalue weighted by Gasteiger charge is -2.18. The summed E-state index contributed by atoms with van der Waals surface area (Å²) < 4.78 is 9.96. The van der Waals surface area contributed by atoms with Crippen LogP contribution < -0.4 is 22.1 Å². The predicted octanol–water partition coefficient (Wildman–Crippen LogP) is 2.68. The topological polar surface area (TPSA) is 184 Å². The largest absolute Gasteiger partial charge is 0.466 e. The number of hydrogen-bond acceptors (Lipinski definition) is 11. The number of esters is 2. The first kappa shape index (κ1) is 29.1. The quantitative estimate of drug-likeness (QED) is 0.249. The standard InChI is InChI=1S/C27H35N7O5/c1-5-18-19(15(4)31-24-22(18)23(28)33-27(29)34-24)14-30-17-10-8-16(9-11-17)25(36)32-20(26(37)39-7-3)12-13-21(35)38-6-2/h8-11,20,30H,5-7,12-14H2,1-4H3,(H,32,36)(H4,28,29,31,33,34)/t20-/m0/s1. The van der Waals surface area contributed by atoms with Gasteiger partial charge in [0.25, 0.3) is 5.91 Å². The lowest BCUT2D eigenvalue weighted by atomic mass is 10.00. The fraction of sp³-hybridized carbons (Fsp3) is 0.407. The van der Waals surface area contributed by atoms with E-state index in [0.29, 0.717) is 35.4 Å². The van der Waals surface area contributed by atoms with E-state index < -0.39 is 23.9 Å². The first-order valence-electron chi connectivity index (χ1n) is 12.9. The van der Waals surface area contributed by atoms with Crippen molar-refractivity contribution in [2.45, 2.75) is 59.5 Å². The first-order valence-corrected chi connectivity index (χ1v) is 12.9. The van der Waals surface area contributed by atoms with E-state index in [9.17, 15) is 14.4 Å². The lowest BCUT2D eigenvalue weighted by Crippen LogP contribution is -2.42. The van der Waals surface area contributed by atoms with Crippen LogP contribution in [0.15, 0.2) is 24.3 Å². The van der Waals surface area contributed by atoms with E-state index in [1.165, 1.54) is 0 Å². The fourth-order valence-electron chi connectivity index (χ4n) is 4.23. The summed E-state index contributed by atoms with van der Waals surface area (Å²) in [6, 6.07) is 5.85. The molecule has 2 heterocycles. The van der Waals surface area contributed by atoms with Gasteiger partial charge in [0.1, 0.15) is 11.9 Å². The Morgan fingerprint density at radius 1 is 0.949 bits per heavy atom. The van der Waals surface area contributed by atoms with Gasteiger partial charge in [-0.05, 0) is 69.0 Å². The molecule has 208 valence electrons. The molecule has 39 heavy (non-hydrogen) atoms. The lowest BCUT2D eigenvalue weighted by molar-refractivity contribution is -0.146. The molecule has 1 aromatic carbocycles. The number of nitrogen functional groups attached to an aromatic ring is 2. The Labute approximate surface area is 226 Å². The van der Waals surface area contributed by atoms with Crippen LogP contribution in [0.5, 0.6) is 0 Å². The van der Waals surface area contributed by atoms with Crippen LogP contribution in [0, 0.1) is 6.92 Å². The van der Waals surface area contributed by atoms with E-state index >= 15 is 0 Å². The Kier molecular flexibility index (Phi) is 9.96. The molecule has 3 aromatic rings. The number of hydrogen-bond donors (Lipinski definition) is 4. The van der Waals surface area contributed by atoms with E-state index in [1.807, 2.05) is 13.8 Å². The van der Waals surface area contributed by atoms with Crippen molar-refractivity contribution in [3.8, 4) is 0 Å². The van der Waals surface area contributed by atoms with Gasteiger partial charge in [0.15, 0.2) is 5.65 Å². The number of nitrogens with two attached hydrogens (primary N) is 2. The van der Waals surface area contributed by atoms with Gasteiger partial charge in [-0.2, -0.15) is 9.97 Å². The zero-order valence-corrected chi connectivity index (χ0v) is 22.7. The number of rotatable bonds is 12. The highest BCUT2D eigenvalue weighted by Gasteiger charge is 2.24. The SMILES string of the molecule is CCOC(=O)CC[C@H](NC(=O)c1ccc(NCc2c(C)nc3nc(N)nc(N)c3c2CC)cc1)C(=O)OCC. The van der Waals surface area contributed by atoms with Crippen LogP contribution in [0.2, 0.25) is 0 Å². The number of aryl methyl sites for hydroxylation is 2. The van der Waals surface area contributed by atoms with Crippen LogP contribution in [0.1, 0.15) is 60.8 Å². The highest BCUT2D eigenvalue weighted by atomic mass is 16.5. The van der Waals surface area contributed by atoms with Gasteiger partial charge in [-0.15, -0.1) is 0 Å². The van der Waals surface area contributed by atoms with Crippen molar-refractivity contribution in [1.29, 1.82) is 0 Å². The third-order valence-electron chi connectivity index (χ3n) is 6.10. The maximum absolute atomic E-state index is 12.8. The molecule has 0 unspecified atom stereocenters. The molecule has 1 amide bonds. The minimum absolute atomic E-state index is 0.0194. The Balaban J connectivity index is 1.71. The van der Waals surface area contributed by atoms with Crippen molar-refractivity contribution in [1.82, 2.24) is 20.3 Å². The minimum atomic E-state index is -0.970. The molecule has 2 aromatic heterocycles. The number of nitrogens with one attached hydrogen (secondary N) is 2. The van der Waals surface area contributed by atoms with Gasteiger partial charge in [-0.3, -0.25) is 9.59 Å². The van der Waals surface area contributed by atoms with Crippen LogP contribution in [-0.2, 0) is 32.0 Å². The number of nitrogens with zero attached hydrogens (tertiary/aromatic N) is 3. The Bertz CT molecular complexity index is 1340. The fourth-order valence-corrected chi connectivity index (χ4v) is 4.23. The number of pyridine rings is 1. The number of fused-ring (bicyclic) bond motifs is 1. The Hall–Kier alpha value is -4.48. The summed E-state index contributed by atoms with van der Waals surface area (Å²) in [6.45, 7) is 8.16. The van der Waals surface area contributed by atoms with Gasteiger partial charge in [0, 0.05) is 29.9 Å². The number of carbonyl (C=O) groups is 3. The maximum Gasteiger partial charge on any atom is 0.328 e. The molecule has 1 atom stereocenters. The number of ether oxygens (including phenoxy) is 2. The van der Waals surface area contributed by atoms with E-state index in [1.54, 1.807) is 38.1 Å². The normalized spacial score (nSPS) is 11.6. The highest BCUT2D eigenvalue weighted by Crippen LogP contribution is 2.28. The van der Waals surface area contributed by atoms with E-state index in [0.717, 1.165) is 22.5 Å². The molecule has 0 aliphatic carbocycles. The third-order valence-corrected chi connectivity index (χ3v) is 6.10. The molecule has 12 heteroatoms. The average Bonchev–Trinajstić information content (AvgIpc) is 2.89. The van der Waals surface area contributed by atoms with Crippen molar-refractivity contribution in [3.63, 3.8) is 0 Å². The molecular weight excluding hydrogens is 502 g/mol. The Morgan fingerprint density at radius 2 is 1.64 bits per heavy atom. The van der Waals surface area contributed by atoms with Crippen LogP contribution >= 0.6 is 0 Å². The molecule has 0 fully saturated rings. The van der Waals surface area contributed by atoms with Gasteiger partial charge in [-0.1, -0.05) is 6.92 Å². The number of aromatic nitrogens is 3. The zero-order chi connectivity index (χ0) is 28.5. The smallest absolute Gasteiger partial charge is 0.328 e. The van der Waals surface area contributed by atoms with Crippen molar-refractivity contribution in [3.05, 3.63) is 46.6 Å². The molecule has 0 saturated carbocycles. The highest BCUT2D eigenvalue weighted by molar-refractivity contribution is 5.97. The summed E-state index contributed by atoms with van der Waals surface area (Å²) >= 11 is 0. The summed E-state index contributed by atoms with van der Waals surface area (Å²) in [4.78, 5) is 49.8. The van der Waals surface area contributed by atoms with Crippen LogP contribution in [0.3, 0.4) is 0 Å². The molecular formula is C27H35N7O5. The molecule has 0 bridgehead atoms. The van der Waals surface area contributed by atoms with Gasteiger partial charge in [0.2, 0.25) is 5.95 Å². The second-order valence-electron chi connectivity index (χ2n) is 8.73. The van der Waals surface area contributed by atoms with E-state index in [4.69, 9.17) is 20.9 Å². The predicted molar refractivity (Wildman–Crippen MR) is 148 cm³/mol. The van der Waals surface area contributed by atoms with Crippen molar-refractivity contribution in [2.24, 2.45) is 0 Å².